The van der Waals surface area contributed by atoms with Crippen LogP contribution in [0.4, 0.5) is 0 Å². The quantitative estimate of drug-likeness (QED) is 0.644. The molecule has 140 valence electrons. The van der Waals surface area contributed by atoms with E-state index < -0.39 is 0 Å². The summed E-state index contributed by atoms with van der Waals surface area (Å²) in [6.07, 6.45) is 3.05. The van der Waals surface area contributed by atoms with E-state index in [0.29, 0.717) is 24.3 Å². The maximum absolute atomic E-state index is 12.6. The van der Waals surface area contributed by atoms with Crippen molar-refractivity contribution in [1.82, 2.24) is 20.6 Å². The van der Waals surface area contributed by atoms with Gasteiger partial charge in [0, 0.05) is 30.8 Å². The number of nitrogens with one attached hydrogen (secondary N) is 3. The zero-order valence-electron chi connectivity index (χ0n) is 15.4. The Morgan fingerprint density at radius 2 is 2.04 bits per heavy atom. The lowest BCUT2D eigenvalue weighted by Crippen LogP contribution is -2.59. The number of piperidine rings is 2. The molecule has 0 amide bonds. The van der Waals surface area contributed by atoms with E-state index in [1.807, 2.05) is 24.3 Å². The molecular weight excluding hydrogens is 350 g/mol. The second-order valence-corrected chi connectivity index (χ2v) is 7.66. The van der Waals surface area contributed by atoms with E-state index in [1.54, 1.807) is 6.33 Å². The first-order valence-corrected chi connectivity index (χ1v) is 9.68. The fourth-order valence-electron chi connectivity index (χ4n) is 4.67. The summed E-state index contributed by atoms with van der Waals surface area (Å²) in [4.78, 5) is 20.1. The van der Waals surface area contributed by atoms with Gasteiger partial charge in [0.2, 0.25) is 0 Å². The van der Waals surface area contributed by atoms with Crippen LogP contribution in [0.1, 0.15) is 41.5 Å². The van der Waals surface area contributed by atoms with Crippen LogP contribution in [-0.4, -0.2) is 28.5 Å². The number of aromatic nitrogens is 2. The van der Waals surface area contributed by atoms with E-state index in [4.69, 9.17) is 0 Å². The summed E-state index contributed by atoms with van der Waals surface area (Å²) in [7, 11) is 0. The second kappa shape index (κ2) is 6.86. The van der Waals surface area contributed by atoms with E-state index in [-0.39, 0.29) is 24.0 Å². The molecular formula is C22H21N5O. The summed E-state index contributed by atoms with van der Waals surface area (Å²) < 4.78 is 0. The van der Waals surface area contributed by atoms with E-state index in [1.165, 1.54) is 5.56 Å². The number of imidazole rings is 1. The van der Waals surface area contributed by atoms with Crippen molar-refractivity contribution in [3.63, 3.8) is 0 Å². The molecule has 0 spiro atoms. The van der Waals surface area contributed by atoms with Crippen LogP contribution in [0.5, 0.6) is 0 Å². The molecule has 6 heteroatoms. The Labute approximate surface area is 163 Å². The highest BCUT2D eigenvalue weighted by Gasteiger charge is 2.42. The largest absolute Gasteiger partial charge is 0.345 e. The zero-order chi connectivity index (χ0) is 19.1. The fourth-order valence-corrected chi connectivity index (χ4v) is 4.67. The maximum Gasteiger partial charge on any atom is 0.140 e. The molecule has 2 aromatic carbocycles. The standard InChI is InChI=1S/C22H21N5O/c23-11-13-2-1-3-15(8-13)21-16(10-17-20(28)6-7-24-22(17)27-21)14-4-5-18-19(9-14)26-12-25-18/h1-5,8-9,12,16-17,21-22,24,27H,6-7,10H2,(H,25,26). The fraction of sp³-hybridized carbons (Fsp3) is 0.318. The first-order valence-electron chi connectivity index (χ1n) is 9.68. The minimum absolute atomic E-state index is 0.0216. The van der Waals surface area contributed by atoms with Gasteiger partial charge < -0.3 is 10.3 Å². The first kappa shape index (κ1) is 17.1. The van der Waals surface area contributed by atoms with Gasteiger partial charge in [0.1, 0.15) is 5.78 Å². The van der Waals surface area contributed by atoms with Crippen molar-refractivity contribution in [2.45, 2.75) is 31.0 Å². The number of nitrogens with zero attached hydrogens (tertiary/aromatic N) is 2. The Hall–Kier alpha value is -3.01. The van der Waals surface area contributed by atoms with Gasteiger partial charge >= 0.3 is 0 Å². The normalized spacial score (nSPS) is 27.3. The van der Waals surface area contributed by atoms with Gasteiger partial charge in [-0.1, -0.05) is 18.2 Å². The molecule has 3 N–H and O–H groups in total. The molecule has 2 saturated heterocycles. The van der Waals surface area contributed by atoms with E-state index in [2.05, 4.69) is 44.9 Å². The summed E-state index contributed by atoms with van der Waals surface area (Å²) in [5.74, 6) is 0.423. The number of rotatable bonds is 2. The minimum Gasteiger partial charge on any atom is -0.345 e. The number of aromatic amines is 1. The van der Waals surface area contributed by atoms with Gasteiger partial charge in [-0.25, -0.2) is 4.98 Å². The molecule has 0 saturated carbocycles. The predicted molar refractivity (Wildman–Crippen MR) is 105 cm³/mol. The average Bonchev–Trinajstić information content (AvgIpc) is 3.21. The van der Waals surface area contributed by atoms with Gasteiger partial charge in [-0.3, -0.25) is 10.1 Å². The monoisotopic (exact) mass is 371 g/mol. The van der Waals surface area contributed by atoms with Crippen LogP contribution in [0.15, 0.2) is 48.8 Å². The van der Waals surface area contributed by atoms with Gasteiger partial charge in [-0.15, -0.1) is 0 Å². The minimum atomic E-state index is -0.0355. The number of Topliss-reactive ketones (excluding diaryl/α,β-unsaturated/α-hetero) is 1. The van der Waals surface area contributed by atoms with Gasteiger partial charge in [0.25, 0.3) is 0 Å². The number of hydrogen-bond donors (Lipinski definition) is 3. The molecule has 0 radical (unpaired) electrons. The van der Waals surface area contributed by atoms with Crippen LogP contribution < -0.4 is 10.6 Å². The average molecular weight is 371 g/mol. The molecule has 4 atom stereocenters. The first-order chi connectivity index (χ1) is 13.7. The van der Waals surface area contributed by atoms with Crippen molar-refractivity contribution in [1.29, 1.82) is 5.26 Å². The van der Waals surface area contributed by atoms with Crippen molar-refractivity contribution >= 4 is 16.8 Å². The number of ketones is 1. The maximum atomic E-state index is 12.6. The number of carbonyl (C=O) groups excluding carboxylic acids is 1. The molecule has 5 rings (SSSR count). The number of H-pyrrole nitrogens is 1. The third kappa shape index (κ3) is 2.89. The van der Waals surface area contributed by atoms with Crippen molar-refractivity contribution in [2.24, 2.45) is 5.92 Å². The van der Waals surface area contributed by atoms with E-state index in [0.717, 1.165) is 23.0 Å². The second-order valence-electron chi connectivity index (χ2n) is 7.66. The smallest absolute Gasteiger partial charge is 0.140 e. The molecule has 2 fully saturated rings. The molecule has 4 unspecified atom stereocenters. The lowest BCUT2D eigenvalue weighted by atomic mass is 9.73. The highest BCUT2D eigenvalue weighted by Crippen LogP contribution is 2.42. The molecule has 2 aliphatic rings. The Kier molecular flexibility index (Phi) is 4.19. The third-order valence-corrected chi connectivity index (χ3v) is 6.07. The molecule has 0 aliphatic carbocycles. The number of fused-ring (bicyclic) bond motifs is 2. The van der Waals surface area contributed by atoms with E-state index in [9.17, 15) is 10.1 Å². The van der Waals surface area contributed by atoms with Crippen LogP contribution in [0, 0.1) is 17.2 Å². The Balaban J connectivity index is 1.58. The highest BCUT2D eigenvalue weighted by atomic mass is 16.1. The van der Waals surface area contributed by atoms with Crippen molar-refractivity contribution in [2.75, 3.05) is 6.54 Å². The van der Waals surface area contributed by atoms with Crippen LogP contribution in [0.3, 0.4) is 0 Å². The van der Waals surface area contributed by atoms with Crippen LogP contribution in [0.2, 0.25) is 0 Å². The van der Waals surface area contributed by atoms with Crippen molar-refractivity contribution < 1.29 is 4.79 Å². The molecule has 28 heavy (non-hydrogen) atoms. The number of nitriles is 1. The van der Waals surface area contributed by atoms with Gasteiger partial charge in [-0.2, -0.15) is 5.26 Å². The summed E-state index contributed by atoms with van der Waals surface area (Å²) >= 11 is 0. The SMILES string of the molecule is N#Cc1cccc(C2NC3NCCC(=O)C3CC2c2ccc3nc[nH]c3c2)c1. The topological polar surface area (TPSA) is 93.6 Å². The lowest BCUT2D eigenvalue weighted by Gasteiger charge is -2.45. The summed E-state index contributed by atoms with van der Waals surface area (Å²) in [6.45, 7) is 0.711. The molecule has 3 aromatic rings. The van der Waals surface area contributed by atoms with Crippen LogP contribution >= 0.6 is 0 Å². The number of benzene rings is 2. The Morgan fingerprint density at radius 3 is 2.93 bits per heavy atom. The molecule has 0 bridgehead atoms. The van der Waals surface area contributed by atoms with Gasteiger partial charge in [-0.05, 0) is 41.8 Å². The molecule has 1 aromatic heterocycles. The summed E-state index contributed by atoms with van der Waals surface area (Å²) in [6, 6.07) is 16.3. The number of hydrogen-bond acceptors (Lipinski definition) is 5. The van der Waals surface area contributed by atoms with Crippen LogP contribution in [-0.2, 0) is 4.79 Å². The predicted octanol–water partition coefficient (Wildman–Crippen LogP) is 2.76. The number of carbonyl (C=O) groups is 1. The molecule has 3 heterocycles. The summed E-state index contributed by atoms with van der Waals surface area (Å²) in [5.41, 5.74) is 4.83. The van der Waals surface area contributed by atoms with Crippen LogP contribution in [0.25, 0.3) is 11.0 Å². The Bertz CT molecular complexity index is 1080. The van der Waals surface area contributed by atoms with Gasteiger partial charge in [0.15, 0.2) is 0 Å². The lowest BCUT2D eigenvalue weighted by molar-refractivity contribution is -0.127. The van der Waals surface area contributed by atoms with E-state index >= 15 is 0 Å². The van der Waals surface area contributed by atoms with Crippen molar-refractivity contribution in [3.05, 3.63) is 65.5 Å². The third-order valence-electron chi connectivity index (χ3n) is 6.07. The van der Waals surface area contributed by atoms with Crippen molar-refractivity contribution in [3.8, 4) is 6.07 Å². The molecule has 2 aliphatic heterocycles. The molecule has 6 nitrogen and oxygen atoms in total. The van der Waals surface area contributed by atoms with Gasteiger partial charge in [0.05, 0.1) is 35.2 Å². The highest BCUT2D eigenvalue weighted by molar-refractivity contribution is 5.83. The summed E-state index contributed by atoms with van der Waals surface area (Å²) in [5, 5.41) is 16.5. The zero-order valence-corrected chi connectivity index (χ0v) is 15.4. The Morgan fingerprint density at radius 1 is 1.11 bits per heavy atom.